The first kappa shape index (κ1) is 16.2. The summed E-state index contributed by atoms with van der Waals surface area (Å²) in [5, 5.41) is 9.02. The van der Waals surface area contributed by atoms with Crippen molar-refractivity contribution in [1.82, 2.24) is 19.4 Å². The quantitative estimate of drug-likeness (QED) is 0.555. The van der Waals surface area contributed by atoms with E-state index in [0.29, 0.717) is 11.3 Å². The molecule has 3 heterocycles. The predicted octanol–water partition coefficient (Wildman–Crippen LogP) is 2.63. The van der Waals surface area contributed by atoms with Crippen LogP contribution < -0.4 is 11.3 Å². The van der Waals surface area contributed by atoms with Crippen LogP contribution in [0.5, 0.6) is 0 Å². The molecule has 0 radical (unpaired) electrons. The molecule has 0 aliphatic carbocycles. The highest BCUT2D eigenvalue weighted by atomic mass is 32.1. The second-order valence-corrected chi connectivity index (χ2v) is 6.31. The summed E-state index contributed by atoms with van der Waals surface area (Å²) in [6.45, 7) is 1.72. The number of benzene rings is 1. The Kier molecular flexibility index (Phi) is 3.85. The van der Waals surface area contributed by atoms with Crippen LogP contribution in [0.4, 0.5) is 0 Å². The molecule has 4 aromatic rings. The summed E-state index contributed by atoms with van der Waals surface area (Å²) >= 11 is 4.98. The minimum Gasteiger partial charge on any atom is -0.374 e. The molecule has 0 fully saturated rings. The third-order valence-electron chi connectivity index (χ3n) is 4.14. The van der Waals surface area contributed by atoms with Crippen molar-refractivity contribution in [2.24, 2.45) is 5.73 Å². The predicted molar refractivity (Wildman–Crippen MR) is 105 cm³/mol. The Morgan fingerprint density at radius 1 is 1.08 bits per heavy atom. The van der Waals surface area contributed by atoms with Crippen LogP contribution in [0.15, 0.2) is 65.6 Å². The van der Waals surface area contributed by atoms with E-state index in [-0.39, 0.29) is 10.7 Å². The molecule has 2 N–H and O–H groups in total. The van der Waals surface area contributed by atoms with Crippen LogP contribution >= 0.6 is 12.2 Å². The van der Waals surface area contributed by atoms with Gasteiger partial charge in [0.2, 0.25) is 0 Å². The average molecular weight is 361 g/mol. The van der Waals surface area contributed by atoms with Crippen LogP contribution in [0.2, 0.25) is 0 Å². The number of aromatic nitrogens is 4. The smallest absolute Gasteiger partial charge is 0.276 e. The molecule has 0 saturated carbocycles. The van der Waals surface area contributed by atoms with Gasteiger partial charge in [0.25, 0.3) is 5.56 Å². The molecule has 0 amide bonds. The Hall–Kier alpha value is -3.32. The van der Waals surface area contributed by atoms with Gasteiger partial charge in [-0.15, -0.1) is 0 Å². The zero-order valence-electron chi connectivity index (χ0n) is 14.0. The summed E-state index contributed by atoms with van der Waals surface area (Å²) in [5.41, 5.74) is 9.90. The number of thiocarbonyl (C=S) groups is 1. The molecule has 0 spiro atoms. The van der Waals surface area contributed by atoms with Crippen molar-refractivity contribution in [3.05, 3.63) is 76.7 Å². The number of hydrogen-bond donors (Lipinski definition) is 1. The number of fused-ring (bicyclic) bond motifs is 1. The van der Waals surface area contributed by atoms with Crippen LogP contribution in [0, 0.1) is 6.92 Å². The highest BCUT2D eigenvalue weighted by Gasteiger charge is 2.19. The Bertz CT molecular complexity index is 1190. The Balaban J connectivity index is 2.09. The average Bonchev–Trinajstić information content (AvgIpc) is 3.04. The molecule has 0 aliphatic rings. The third kappa shape index (κ3) is 2.58. The monoisotopic (exact) mass is 361 g/mol. The van der Waals surface area contributed by atoms with E-state index in [1.807, 2.05) is 54.7 Å². The Morgan fingerprint density at radius 2 is 1.81 bits per heavy atom. The summed E-state index contributed by atoms with van der Waals surface area (Å²) < 4.78 is 2.85. The molecule has 4 rings (SSSR count). The van der Waals surface area contributed by atoms with E-state index >= 15 is 0 Å². The van der Waals surface area contributed by atoms with Gasteiger partial charge in [-0.1, -0.05) is 36.4 Å². The van der Waals surface area contributed by atoms with Gasteiger partial charge in [-0.05, 0) is 37.3 Å². The molecule has 0 unspecified atom stereocenters. The second-order valence-electron chi connectivity index (χ2n) is 5.89. The number of nitrogens with two attached hydrogens (primary N) is 1. The first-order chi connectivity index (χ1) is 12.6. The number of hydrogen-bond acceptors (Lipinski definition) is 4. The molecule has 0 bridgehead atoms. The van der Waals surface area contributed by atoms with Crippen LogP contribution in [0.1, 0.15) is 5.56 Å². The fourth-order valence-electron chi connectivity index (χ4n) is 2.94. The number of pyridine rings is 1. The topological polar surface area (TPSA) is 78.2 Å². The lowest BCUT2D eigenvalue weighted by atomic mass is 10.0. The summed E-state index contributed by atoms with van der Waals surface area (Å²) in [4.78, 5) is 12.3. The van der Waals surface area contributed by atoms with E-state index < -0.39 is 0 Å². The van der Waals surface area contributed by atoms with Crippen LogP contribution in [-0.2, 0) is 0 Å². The maximum atomic E-state index is 12.3. The minimum atomic E-state index is -0.320. The summed E-state index contributed by atoms with van der Waals surface area (Å²) in [6, 6.07) is 17.4. The van der Waals surface area contributed by atoms with Gasteiger partial charge in [0.15, 0.2) is 5.11 Å². The fraction of sp³-hybridized carbons (Fsp3) is 0.0526. The summed E-state index contributed by atoms with van der Waals surface area (Å²) in [5.74, 6) is 0. The van der Waals surface area contributed by atoms with Crippen molar-refractivity contribution < 1.29 is 0 Å². The molecule has 128 valence electrons. The van der Waals surface area contributed by atoms with Crippen molar-refractivity contribution in [3.63, 3.8) is 0 Å². The van der Waals surface area contributed by atoms with Gasteiger partial charge in [0, 0.05) is 17.3 Å². The number of aryl methyl sites for hydroxylation is 1. The van der Waals surface area contributed by atoms with Crippen molar-refractivity contribution >= 4 is 22.8 Å². The largest absolute Gasteiger partial charge is 0.374 e. The molecule has 3 aromatic heterocycles. The standard InChI is InChI=1S/C19H15N5OS/c1-12-11-14(21-24(18(12)25)19(20)26)16-15-9-5-6-10-23(15)22-17(16)13-7-3-2-4-8-13/h2-11H,1H3,(H2,20,26). The SMILES string of the molecule is Cc1cc(-c2c(-c3ccccc3)nn3ccccc23)nn(C(N)=S)c1=O. The molecule has 1 aromatic carbocycles. The van der Waals surface area contributed by atoms with E-state index in [1.165, 1.54) is 0 Å². The normalized spacial score (nSPS) is 11.0. The maximum absolute atomic E-state index is 12.3. The first-order valence-electron chi connectivity index (χ1n) is 8.00. The second kappa shape index (κ2) is 6.20. The Labute approximate surface area is 154 Å². The van der Waals surface area contributed by atoms with Gasteiger partial charge in [-0.25, -0.2) is 4.52 Å². The van der Waals surface area contributed by atoms with E-state index in [2.05, 4.69) is 5.10 Å². The van der Waals surface area contributed by atoms with Crippen molar-refractivity contribution in [2.75, 3.05) is 0 Å². The highest BCUT2D eigenvalue weighted by Crippen LogP contribution is 2.33. The molecule has 0 saturated heterocycles. The molecule has 26 heavy (non-hydrogen) atoms. The van der Waals surface area contributed by atoms with E-state index in [9.17, 15) is 4.79 Å². The minimum absolute atomic E-state index is 0.0855. The molecule has 6 nitrogen and oxygen atoms in total. The Morgan fingerprint density at radius 3 is 2.54 bits per heavy atom. The molecular weight excluding hydrogens is 346 g/mol. The van der Waals surface area contributed by atoms with Crippen molar-refractivity contribution in [2.45, 2.75) is 6.92 Å². The number of nitrogens with zero attached hydrogens (tertiary/aromatic N) is 4. The maximum Gasteiger partial charge on any atom is 0.276 e. The van der Waals surface area contributed by atoms with Gasteiger partial charge in [-0.2, -0.15) is 14.9 Å². The van der Waals surface area contributed by atoms with E-state index in [0.717, 1.165) is 27.0 Å². The summed E-state index contributed by atoms with van der Waals surface area (Å²) in [7, 11) is 0. The van der Waals surface area contributed by atoms with Gasteiger partial charge >= 0.3 is 0 Å². The van der Waals surface area contributed by atoms with E-state index in [4.69, 9.17) is 23.1 Å². The number of rotatable bonds is 2. The first-order valence-corrected chi connectivity index (χ1v) is 8.41. The van der Waals surface area contributed by atoms with Gasteiger partial charge in [0.05, 0.1) is 16.8 Å². The lowest BCUT2D eigenvalue weighted by Crippen LogP contribution is -2.35. The zero-order chi connectivity index (χ0) is 18.3. The van der Waals surface area contributed by atoms with Crippen LogP contribution in [0.25, 0.3) is 28.0 Å². The van der Waals surface area contributed by atoms with Crippen LogP contribution in [-0.4, -0.2) is 24.5 Å². The molecule has 0 atom stereocenters. The fourth-order valence-corrected chi connectivity index (χ4v) is 3.06. The molecule has 0 aliphatic heterocycles. The summed E-state index contributed by atoms with van der Waals surface area (Å²) in [6.07, 6.45) is 1.88. The van der Waals surface area contributed by atoms with Crippen LogP contribution in [0.3, 0.4) is 0 Å². The van der Waals surface area contributed by atoms with Gasteiger partial charge < -0.3 is 5.73 Å². The third-order valence-corrected chi connectivity index (χ3v) is 4.32. The highest BCUT2D eigenvalue weighted by molar-refractivity contribution is 7.80. The van der Waals surface area contributed by atoms with Gasteiger partial charge in [0.1, 0.15) is 5.69 Å². The zero-order valence-corrected chi connectivity index (χ0v) is 14.8. The molecular formula is C19H15N5OS. The molecule has 7 heteroatoms. The lowest BCUT2D eigenvalue weighted by molar-refractivity contribution is 0.852. The van der Waals surface area contributed by atoms with Crippen molar-refractivity contribution in [3.8, 4) is 22.5 Å². The lowest BCUT2D eigenvalue weighted by Gasteiger charge is -2.08. The van der Waals surface area contributed by atoms with Gasteiger partial charge in [-0.3, -0.25) is 4.79 Å². The van der Waals surface area contributed by atoms with Crippen molar-refractivity contribution in [1.29, 1.82) is 0 Å². The van der Waals surface area contributed by atoms with E-state index in [1.54, 1.807) is 17.5 Å².